The van der Waals surface area contributed by atoms with E-state index >= 15 is 0 Å². The summed E-state index contributed by atoms with van der Waals surface area (Å²) in [6.45, 7) is 2.77. The van der Waals surface area contributed by atoms with Crippen molar-refractivity contribution in [3.05, 3.63) is 17.5 Å². The summed E-state index contributed by atoms with van der Waals surface area (Å²) in [5, 5.41) is 16.6. The molecule has 2 N–H and O–H groups in total. The quantitative estimate of drug-likeness (QED) is 0.856. The third-order valence-corrected chi connectivity index (χ3v) is 4.24. The molecule has 1 aromatic heterocycles. The van der Waals surface area contributed by atoms with Crippen molar-refractivity contribution in [2.75, 3.05) is 0 Å². The van der Waals surface area contributed by atoms with Crippen LogP contribution in [0.3, 0.4) is 0 Å². The topological polar surface area (TPSA) is 67.2 Å². The Balaban J connectivity index is 1.94. The van der Waals surface area contributed by atoms with Gasteiger partial charge in [0.1, 0.15) is 5.56 Å². The number of aromatic carboxylic acids is 1. The van der Waals surface area contributed by atoms with E-state index in [1.54, 1.807) is 11.7 Å². The molecule has 2 rings (SSSR count). The average molecular weight is 265 g/mol. The molecule has 5 heteroatoms. The monoisotopic (exact) mass is 265 g/mol. The van der Waals surface area contributed by atoms with Gasteiger partial charge in [-0.15, -0.1) is 0 Å². The van der Waals surface area contributed by atoms with Gasteiger partial charge >= 0.3 is 5.97 Å². The van der Waals surface area contributed by atoms with Gasteiger partial charge in [-0.2, -0.15) is 5.10 Å². The van der Waals surface area contributed by atoms with Crippen molar-refractivity contribution in [3.63, 3.8) is 0 Å². The van der Waals surface area contributed by atoms with Crippen LogP contribution in [-0.2, 0) is 13.6 Å². The van der Waals surface area contributed by atoms with E-state index < -0.39 is 5.97 Å². The first-order valence-electron chi connectivity index (χ1n) is 7.07. The molecular weight excluding hydrogens is 242 g/mol. The van der Waals surface area contributed by atoms with E-state index in [1.807, 2.05) is 0 Å². The maximum absolute atomic E-state index is 11.1. The minimum absolute atomic E-state index is 0.297. The molecule has 1 saturated carbocycles. The predicted octanol–water partition coefficient (Wildman–Crippen LogP) is 2.18. The van der Waals surface area contributed by atoms with E-state index in [2.05, 4.69) is 17.3 Å². The van der Waals surface area contributed by atoms with Crippen molar-refractivity contribution >= 4 is 5.97 Å². The first-order chi connectivity index (χ1) is 9.09. The molecule has 0 amide bonds. The van der Waals surface area contributed by atoms with Gasteiger partial charge in [-0.25, -0.2) is 4.79 Å². The molecule has 1 aliphatic carbocycles. The predicted molar refractivity (Wildman–Crippen MR) is 73.0 cm³/mol. The lowest BCUT2D eigenvalue weighted by atomic mass is 9.84. The summed E-state index contributed by atoms with van der Waals surface area (Å²) < 4.78 is 1.64. The van der Waals surface area contributed by atoms with Crippen LogP contribution >= 0.6 is 0 Å². The highest BCUT2D eigenvalue weighted by Crippen LogP contribution is 2.26. The van der Waals surface area contributed by atoms with Crippen LogP contribution in [0.15, 0.2) is 6.20 Å². The zero-order valence-electron chi connectivity index (χ0n) is 11.7. The van der Waals surface area contributed by atoms with Crippen LogP contribution in [-0.4, -0.2) is 26.9 Å². The molecule has 5 nitrogen and oxygen atoms in total. The summed E-state index contributed by atoms with van der Waals surface area (Å²) >= 11 is 0. The van der Waals surface area contributed by atoms with Crippen LogP contribution in [0.1, 0.15) is 55.1 Å². The van der Waals surface area contributed by atoms with Gasteiger partial charge in [0.2, 0.25) is 0 Å². The Morgan fingerprint density at radius 1 is 1.53 bits per heavy atom. The van der Waals surface area contributed by atoms with Gasteiger partial charge in [0.05, 0.1) is 11.9 Å². The van der Waals surface area contributed by atoms with Crippen molar-refractivity contribution in [1.82, 2.24) is 15.1 Å². The third kappa shape index (κ3) is 3.35. The fourth-order valence-electron chi connectivity index (χ4n) is 2.91. The van der Waals surface area contributed by atoms with Crippen LogP contribution in [0.5, 0.6) is 0 Å². The van der Waals surface area contributed by atoms with Gasteiger partial charge in [-0.05, 0) is 25.7 Å². The van der Waals surface area contributed by atoms with Gasteiger partial charge in [0.15, 0.2) is 0 Å². The molecule has 0 aliphatic heterocycles. The SMILES string of the molecule is C[C@@H](NCc1c(C(=O)O)cnn1C)C1CCCCC1. The Hall–Kier alpha value is -1.36. The second-order valence-corrected chi connectivity index (χ2v) is 5.50. The lowest BCUT2D eigenvalue weighted by Crippen LogP contribution is -2.35. The van der Waals surface area contributed by atoms with E-state index in [-0.39, 0.29) is 0 Å². The first kappa shape index (κ1) is 14.1. The highest BCUT2D eigenvalue weighted by atomic mass is 16.4. The zero-order valence-corrected chi connectivity index (χ0v) is 11.7. The van der Waals surface area contributed by atoms with Crippen LogP contribution < -0.4 is 5.32 Å². The summed E-state index contributed by atoms with van der Waals surface area (Å²) in [4.78, 5) is 11.1. The Morgan fingerprint density at radius 2 is 2.21 bits per heavy atom. The molecule has 1 aliphatic rings. The fourth-order valence-corrected chi connectivity index (χ4v) is 2.91. The van der Waals surface area contributed by atoms with Crippen molar-refractivity contribution in [1.29, 1.82) is 0 Å². The van der Waals surface area contributed by atoms with Crippen LogP contribution in [0.25, 0.3) is 0 Å². The number of rotatable bonds is 5. The number of nitrogens with zero attached hydrogens (tertiary/aromatic N) is 2. The van der Waals surface area contributed by atoms with Gasteiger partial charge in [-0.3, -0.25) is 4.68 Å². The molecular formula is C14H23N3O2. The summed E-state index contributed by atoms with van der Waals surface area (Å²) in [6.07, 6.45) is 7.99. The fraction of sp³-hybridized carbons (Fsp3) is 0.714. The van der Waals surface area contributed by atoms with Crippen molar-refractivity contribution in [3.8, 4) is 0 Å². The number of hydrogen-bond donors (Lipinski definition) is 2. The average Bonchev–Trinajstić information content (AvgIpc) is 2.78. The number of hydrogen-bond acceptors (Lipinski definition) is 3. The molecule has 0 saturated heterocycles. The summed E-state index contributed by atoms with van der Waals surface area (Å²) in [5.41, 5.74) is 1.04. The molecule has 1 atom stereocenters. The lowest BCUT2D eigenvalue weighted by Gasteiger charge is -2.28. The molecule has 1 aromatic rings. The Labute approximate surface area is 114 Å². The summed E-state index contributed by atoms with van der Waals surface area (Å²) in [6, 6.07) is 0.428. The second-order valence-electron chi connectivity index (χ2n) is 5.50. The summed E-state index contributed by atoms with van der Waals surface area (Å²) in [7, 11) is 1.79. The van der Waals surface area contributed by atoms with Crippen molar-refractivity contribution in [2.45, 2.75) is 51.6 Å². The highest BCUT2D eigenvalue weighted by Gasteiger charge is 2.21. The third-order valence-electron chi connectivity index (χ3n) is 4.24. The zero-order chi connectivity index (χ0) is 13.8. The maximum Gasteiger partial charge on any atom is 0.339 e. The van der Waals surface area contributed by atoms with E-state index in [0.29, 0.717) is 18.2 Å². The Kier molecular flexibility index (Phi) is 4.58. The minimum atomic E-state index is -0.907. The molecule has 1 heterocycles. The number of nitrogens with one attached hydrogen (secondary N) is 1. The number of carbonyl (C=O) groups is 1. The molecule has 0 radical (unpaired) electrons. The van der Waals surface area contributed by atoms with E-state index in [0.717, 1.165) is 11.6 Å². The van der Waals surface area contributed by atoms with Gasteiger partial charge in [0.25, 0.3) is 0 Å². The van der Waals surface area contributed by atoms with Gasteiger partial charge in [0, 0.05) is 19.6 Å². The van der Waals surface area contributed by atoms with E-state index in [1.165, 1.54) is 38.3 Å². The minimum Gasteiger partial charge on any atom is -0.478 e. The van der Waals surface area contributed by atoms with Crippen molar-refractivity contribution in [2.24, 2.45) is 13.0 Å². The molecule has 0 aromatic carbocycles. The number of aryl methyl sites for hydroxylation is 1. The lowest BCUT2D eigenvalue weighted by molar-refractivity contribution is 0.0695. The van der Waals surface area contributed by atoms with Gasteiger partial charge < -0.3 is 10.4 Å². The van der Waals surface area contributed by atoms with Crippen LogP contribution in [0.2, 0.25) is 0 Å². The van der Waals surface area contributed by atoms with Crippen LogP contribution in [0, 0.1) is 5.92 Å². The van der Waals surface area contributed by atoms with E-state index in [4.69, 9.17) is 5.11 Å². The Bertz CT molecular complexity index is 436. The molecule has 19 heavy (non-hydrogen) atoms. The largest absolute Gasteiger partial charge is 0.478 e. The Morgan fingerprint density at radius 3 is 2.84 bits per heavy atom. The maximum atomic E-state index is 11.1. The van der Waals surface area contributed by atoms with Crippen LogP contribution in [0.4, 0.5) is 0 Å². The van der Waals surface area contributed by atoms with Crippen molar-refractivity contribution < 1.29 is 9.90 Å². The molecule has 1 fully saturated rings. The number of aromatic nitrogens is 2. The second kappa shape index (κ2) is 6.19. The standard InChI is InChI=1S/C14H23N3O2/c1-10(11-6-4-3-5-7-11)15-9-13-12(14(18)19)8-16-17(13)2/h8,10-11,15H,3-7,9H2,1-2H3,(H,18,19)/t10-/m1/s1. The smallest absolute Gasteiger partial charge is 0.339 e. The highest BCUT2D eigenvalue weighted by molar-refractivity contribution is 5.88. The number of carboxylic acids is 1. The molecule has 0 unspecified atom stereocenters. The van der Waals surface area contributed by atoms with Gasteiger partial charge in [-0.1, -0.05) is 19.3 Å². The normalized spacial score (nSPS) is 18.4. The van der Waals surface area contributed by atoms with E-state index in [9.17, 15) is 4.79 Å². The molecule has 0 bridgehead atoms. The summed E-state index contributed by atoms with van der Waals surface area (Å²) in [5.74, 6) is -0.189. The molecule has 106 valence electrons. The molecule has 0 spiro atoms. The number of carboxylic acid groups (broad SMARTS) is 1. The first-order valence-corrected chi connectivity index (χ1v) is 7.07.